The maximum atomic E-state index is 5.65. The molecule has 3 aliphatic rings. The molecule has 0 atom stereocenters. The minimum Gasteiger partial charge on any atom is -0.381 e. The molecule has 3 fully saturated rings. The van der Waals surface area contributed by atoms with Crippen LogP contribution in [0.25, 0.3) is 0 Å². The van der Waals surface area contributed by atoms with Gasteiger partial charge in [0.1, 0.15) is 0 Å². The lowest BCUT2D eigenvalue weighted by atomic mass is 9.86. The topological polar surface area (TPSA) is 48.9 Å². The maximum Gasteiger partial charge on any atom is 0.191 e. The molecule has 0 bridgehead atoms. The van der Waals surface area contributed by atoms with Gasteiger partial charge in [0.25, 0.3) is 0 Å². The first-order chi connectivity index (χ1) is 12.8. The number of nitrogens with zero attached hydrogens (tertiary/aromatic N) is 2. The fraction of sp³-hybridized carbons (Fsp3) is 0.952. The molecule has 3 rings (SSSR count). The van der Waals surface area contributed by atoms with Crippen molar-refractivity contribution in [1.82, 2.24) is 15.5 Å². The predicted molar refractivity (Wildman–Crippen MR) is 109 cm³/mol. The molecule has 150 valence electrons. The fourth-order valence-electron chi connectivity index (χ4n) is 5.09. The molecule has 0 radical (unpaired) electrons. The second-order valence-corrected chi connectivity index (χ2v) is 8.53. The molecular weight excluding hydrogens is 324 g/mol. The molecule has 1 aliphatic carbocycles. The van der Waals surface area contributed by atoms with Gasteiger partial charge in [-0.1, -0.05) is 32.1 Å². The molecule has 2 aliphatic heterocycles. The van der Waals surface area contributed by atoms with Crippen LogP contribution in [0.4, 0.5) is 0 Å². The van der Waals surface area contributed by atoms with E-state index >= 15 is 0 Å². The first-order valence-corrected chi connectivity index (χ1v) is 11.1. The molecule has 0 unspecified atom stereocenters. The summed E-state index contributed by atoms with van der Waals surface area (Å²) in [6.07, 6.45) is 14.9. The summed E-state index contributed by atoms with van der Waals surface area (Å²) in [5.41, 5.74) is 0.258. The van der Waals surface area contributed by atoms with Gasteiger partial charge in [-0.05, 0) is 57.5 Å². The van der Waals surface area contributed by atoms with E-state index in [0.29, 0.717) is 0 Å². The normalized spacial score (nSPS) is 25.3. The van der Waals surface area contributed by atoms with Crippen LogP contribution in [0.2, 0.25) is 0 Å². The first-order valence-electron chi connectivity index (χ1n) is 11.1. The maximum absolute atomic E-state index is 5.65. The van der Waals surface area contributed by atoms with Gasteiger partial charge in [-0.2, -0.15) is 0 Å². The molecule has 0 spiro atoms. The summed E-state index contributed by atoms with van der Waals surface area (Å²) in [7, 11) is 1.89. The van der Waals surface area contributed by atoms with Crippen LogP contribution < -0.4 is 10.6 Å². The molecule has 0 aromatic carbocycles. The van der Waals surface area contributed by atoms with Crippen molar-refractivity contribution in [3.63, 3.8) is 0 Å². The number of aliphatic imine (C=N–C) groups is 1. The van der Waals surface area contributed by atoms with Crippen LogP contribution in [0.1, 0.15) is 70.6 Å². The lowest BCUT2D eigenvalue weighted by Crippen LogP contribution is -2.58. The van der Waals surface area contributed by atoms with Crippen molar-refractivity contribution in [3.05, 3.63) is 0 Å². The lowest BCUT2D eigenvalue weighted by molar-refractivity contribution is -0.0164. The van der Waals surface area contributed by atoms with E-state index in [-0.39, 0.29) is 5.54 Å². The Morgan fingerprint density at radius 2 is 1.77 bits per heavy atom. The van der Waals surface area contributed by atoms with Crippen LogP contribution >= 0.6 is 0 Å². The highest BCUT2D eigenvalue weighted by molar-refractivity contribution is 5.79. The van der Waals surface area contributed by atoms with Crippen molar-refractivity contribution in [1.29, 1.82) is 0 Å². The third-order valence-electron chi connectivity index (χ3n) is 6.82. The van der Waals surface area contributed by atoms with Gasteiger partial charge in [-0.3, -0.25) is 9.89 Å². The van der Waals surface area contributed by atoms with Crippen molar-refractivity contribution in [3.8, 4) is 0 Å². The predicted octanol–water partition coefficient (Wildman–Crippen LogP) is 3.16. The molecule has 0 aromatic rings. The monoisotopic (exact) mass is 364 g/mol. The average molecular weight is 365 g/mol. The smallest absolute Gasteiger partial charge is 0.191 e. The van der Waals surface area contributed by atoms with Crippen molar-refractivity contribution >= 4 is 5.96 Å². The molecule has 5 heteroatoms. The zero-order valence-corrected chi connectivity index (χ0v) is 16.9. The third kappa shape index (κ3) is 5.59. The van der Waals surface area contributed by atoms with Gasteiger partial charge in [-0.15, -0.1) is 0 Å². The molecule has 2 N–H and O–H groups in total. The van der Waals surface area contributed by atoms with Crippen molar-refractivity contribution in [2.24, 2.45) is 10.9 Å². The lowest BCUT2D eigenvalue weighted by Gasteiger charge is -2.45. The van der Waals surface area contributed by atoms with Gasteiger partial charge < -0.3 is 15.4 Å². The number of hydrogen-bond donors (Lipinski definition) is 2. The van der Waals surface area contributed by atoms with Crippen molar-refractivity contribution in [2.45, 2.75) is 76.2 Å². The minimum atomic E-state index is 0.258. The molecule has 5 nitrogen and oxygen atoms in total. The van der Waals surface area contributed by atoms with Crippen molar-refractivity contribution in [2.75, 3.05) is 46.4 Å². The van der Waals surface area contributed by atoms with Crippen LogP contribution in [-0.2, 0) is 4.74 Å². The van der Waals surface area contributed by atoms with Crippen molar-refractivity contribution < 1.29 is 4.74 Å². The molecule has 1 saturated carbocycles. The van der Waals surface area contributed by atoms with Crippen LogP contribution in [0, 0.1) is 5.92 Å². The Balaban J connectivity index is 1.40. The summed E-state index contributed by atoms with van der Waals surface area (Å²) >= 11 is 0. The van der Waals surface area contributed by atoms with Crippen LogP contribution in [0.15, 0.2) is 4.99 Å². The Hall–Kier alpha value is -0.810. The number of nitrogens with one attached hydrogen (secondary N) is 2. The van der Waals surface area contributed by atoms with Gasteiger partial charge >= 0.3 is 0 Å². The van der Waals surface area contributed by atoms with Crippen LogP contribution in [0.5, 0.6) is 0 Å². The number of rotatable bonds is 7. The van der Waals surface area contributed by atoms with Gasteiger partial charge in [0.05, 0.1) is 0 Å². The summed E-state index contributed by atoms with van der Waals surface area (Å²) < 4.78 is 5.65. The molecular formula is C21H40N4O. The Morgan fingerprint density at radius 1 is 1.04 bits per heavy atom. The molecule has 26 heavy (non-hydrogen) atoms. The van der Waals surface area contributed by atoms with E-state index < -0.39 is 0 Å². The highest BCUT2D eigenvalue weighted by Crippen LogP contribution is 2.30. The van der Waals surface area contributed by atoms with Gasteiger partial charge in [-0.25, -0.2) is 0 Å². The number of ether oxygens (including phenoxy) is 1. The zero-order valence-electron chi connectivity index (χ0n) is 16.9. The van der Waals surface area contributed by atoms with E-state index in [1.165, 1.54) is 70.9 Å². The number of likely N-dealkylation sites (tertiary alicyclic amines) is 1. The Labute approximate surface area is 160 Å². The third-order valence-corrected chi connectivity index (χ3v) is 6.82. The Morgan fingerprint density at radius 3 is 2.46 bits per heavy atom. The summed E-state index contributed by atoms with van der Waals surface area (Å²) in [4.78, 5) is 7.17. The number of guanidine groups is 1. The second-order valence-electron chi connectivity index (χ2n) is 8.53. The molecule has 2 heterocycles. The van der Waals surface area contributed by atoms with Crippen LogP contribution in [0.3, 0.4) is 0 Å². The largest absolute Gasteiger partial charge is 0.381 e. The molecule has 0 aromatic heterocycles. The summed E-state index contributed by atoms with van der Waals surface area (Å²) in [5, 5.41) is 7.18. The standard InChI is InChI=1S/C21H40N4O/c1-22-20(23-13-7-10-19-8-3-2-4-9-19)24-18-21(11-16-26-17-12-21)25-14-5-6-15-25/h19H,2-18H2,1H3,(H2,22,23,24). The van der Waals surface area contributed by atoms with Gasteiger partial charge in [0.15, 0.2) is 5.96 Å². The highest BCUT2D eigenvalue weighted by Gasteiger charge is 2.39. The Bertz CT molecular complexity index is 422. The van der Waals surface area contributed by atoms with Gasteiger partial charge in [0, 0.05) is 38.9 Å². The first kappa shape index (κ1) is 19.9. The summed E-state index contributed by atoms with van der Waals surface area (Å²) in [6.45, 7) is 6.30. The zero-order chi connectivity index (χ0) is 18.1. The Kier molecular flexibility index (Phi) is 8.06. The summed E-state index contributed by atoms with van der Waals surface area (Å²) in [6, 6.07) is 0. The van der Waals surface area contributed by atoms with E-state index in [4.69, 9.17) is 4.74 Å². The van der Waals surface area contributed by atoms with Gasteiger partial charge in [0.2, 0.25) is 0 Å². The van der Waals surface area contributed by atoms with E-state index in [1.54, 1.807) is 0 Å². The highest BCUT2D eigenvalue weighted by atomic mass is 16.5. The molecule has 2 saturated heterocycles. The second kappa shape index (κ2) is 10.5. The molecule has 0 amide bonds. The van der Waals surface area contributed by atoms with E-state index in [0.717, 1.165) is 51.0 Å². The average Bonchev–Trinajstić information content (AvgIpc) is 3.24. The SMILES string of the molecule is CN=C(NCCCC1CCCCC1)NCC1(N2CCCC2)CCOCC1. The fourth-order valence-corrected chi connectivity index (χ4v) is 5.09. The van der Waals surface area contributed by atoms with E-state index in [2.05, 4.69) is 20.5 Å². The quantitative estimate of drug-likeness (QED) is 0.414. The van der Waals surface area contributed by atoms with Crippen LogP contribution in [-0.4, -0.2) is 62.8 Å². The summed E-state index contributed by atoms with van der Waals surface area (Å²) in [5.74, 6) is 1.94. The number of hydrogen-bond acceptors (Lipinski definition) is 3. The van der Waals surface area contributed by atoms with E-state index in [1.807, 2.05) is 7.05 Å². The van der Waals surface area contributed by atoms with E-state index in [9.17, 15) is 0 Å². The minimum absolute atomic E-state index is 0.258.